The highest BCUT2D eigenvalue weighted by Gasteiger charge is 2.34. The van der Waals surface area contributed by atoms with E-state index >= 15 is 0 Å². The number of nitrogens with two attached hydrogens (primary N) is 1. The fourth-order valence-electron chi connectivity index (χ4n) is 2.54. The molecule has 1 fully saturated rings. The number of nitrogens with zero attached hydrogens (tertiary/aromatic N) is 1. The van der Waals surface area contributed by atoms with E-state index in [1.807, 2.05) is 18.2 Å². The molecular formula is C14H14BrClN2S. The molecule has 1 saturated carbocycles. The smallest absolute Gasteiger partial charge is 0.113 e. The van der Waals surface area contributed by atoms with E-state index in [1.165, 1.54) is 12.8 Å². The summed E-state index contributed by atoms with van der Waals surface area (Å²) in [5, 5.41) is 3.81. The minimum absolute atomic E-state index is 0.218. The van der Waals surface area contributed by atoms with Gasteiger partial charge < -0.3 is 5.73 Å². The molecule has 3 rings (SSSR count). The minimum atomic E-state index is -0.218. The summed E-state index contributed by atoms with van der Waals surface area (Å²) in [7, 11) is 0. The second-order valence-electron chi connectivity index (χ2n) is 5.03. The molecule has 0 unspecified atom stereocenters. The van der Waals surface area contributed by atoms with Crippen molar-refractivity contribution in [2.24, 2.45) is 5.73 Å². The first-order valence-electron chi connectivity index (χ1n) is 6.29. The second kappa shape index (κ2) is 5.17. The van der Waals surface area contributed by atoms with Crippen LogP contribution in [0.15, 0.2) is 28.1 Å². The molecule has 0 aliphatic heterocycles. The Morgan fingerprint density at radius 2 is 2.05 bits per heavy atom. The maximum atomic E-state index is 6.44. The van der Waals surface area contributed by atoms with E-state index in [9.17, 15) is 0 Å². The summed E-state index contributed by atoms with van der Waals surface area (Å²) >= 11 is 11.3. The zero-order valence-corrected chi connectivity index (χ0v) is 13.5. The number of halogens is 2. The van der Waals surface area contributed by atoms with Gasteiger partial charge in [0, 0.05) is 15.4 Å². The SMILES string of the molecule is NC1(c2nc(-c3ccc(Br)cc3Cl)cs2)CCCC1. The van der Waals surface area contributed by atoms with Gasteiger partial charge in [-0.25, -0.2) is 4.98 Å². The highest BCUT2D eigenvalue weighted by Crippen LogP contribution is 2.40. The highest BCUT2D eigenvalue weighted by molar-refractivity contribution is 9.10. The molecule has 100 valence electrons. The lowest BCUT2D eigenvalue weighted by molar-refractivity contribution is 0.459. The van der Waals surface area contributed by atoms with Crippen LogP contribution < -0.4 is 5.73 Å². The molecule has 0 spiro atoms. The third-order valence-corrected chi connectivity index (χ3v) is 5.50. The van der Waals surface area contributed by atoms with Crippen LogP contribution in [-0.2, 0) is 5.54 Å². The quantitative estimate of drug-likeness (QED) is 0.825. The van der Waals surface area contributed by atoms with Gasteiger partial charge in [-0.2, -0.15) is 0 Å². The van der Waals surface area contributed by atoms with Crippen molar-refractivity contribution in [3.05, 3.63) is 38.1 Å². The Morgan fingerprint density at radius 1 is 1.32 bits per heavy atom. The minimum Gasteiger partial charge on any atom is -0.319 e. The van der Waals surface area contributed by atoms with Crippen LogP contribution in [0, 0.1) is 0 Å². The van der Waals surface area contributed by atoms with Crippen molar-refractivity contribution in [2.45, 2.75) is 31.2 Å². The fourth-order valence-corrected chi connectivity index (χ4v) is 4.31. The monoisotopic (exact) mass is 356 g/mol. The van der Waals surface area contributed by atoms with Gasteiger partial charge in [0.2, 0.25) is 0 Å². The Balaban J connectivity index is 1.97. The molecule has 1 aliphatic rings. The van der Waals surface area contributed by atoms with Gasteiger partial charge in [-0.3, -0.25) is 0 Å². The molecule has 1 heterocycles. The van der Waals surface area contributed by atoms with E-state index in [1.54, 1.807) is 11.3 Å². The highest BCUT2D eigenvalue weighted by atomic mass is 79.9. The molecule has 2 aromatic rings. The number of thiazole rings is 1. The van der Waals surface area contributed by atoms with Gasteiger partial charge in [0.25, 0.3) is 0 Å². The number of benzene rings is 1. The second-order valence-corrected chi connectivity index (χ2v) is 7.21. The third kappa shape index (κ3) is 2.59. The standard InChI is InChI=1S/C14H14BrClN2S/c15-9-3-4-10(11(16)7-9)12-8-19-13(18-12)14(17)5-1-2-6-14/h3-4,7-8H,1-2,5-6,17H2. The largest absolute Gasteiger partial charge is 0.319 e. The summed E-state index contributed by atoms with van der Waals surface area (Å²) in [5.74, 6) is 0. The van der Waals surface area contributed by atoms with Gasteiger partial charge in [-0.15, -0.1) is 11.3 Å². The van der Waals surface area contributed by atoms with Gasteiger partial charge >= 0.3 is 0 Å². The maximum absolute atomic E-state index is 6.44. The molecular weight excluding hydrogens is 344 g/mol. The van der Waals surface area contributed by atoms with Gasteiger partial charge in [-0.1, -0.05) is 46.4 Å². The first-order valence-corrected chi connectivity index (χ1v) is 8.34. The predicted octanol–water partition coefficient (Wildman–Crippen LogP) is 4.95. The summed E-state index contributed by atoms with van der Waals surface area (Å²) in [4.78, 5) is 4.72. The van der Waals surface area contributed by atoms with Crippen LogP contribution in [0.1, 0.15) is 30.7 Å². The van der Waals surface area contributed by atoms with Crippen LogP contribution in [0.5, 0.6) is 0 Å². The first kappa shape index (κ1) is 13.6. The van der Waals surface area contributed by atoms with Crippen LogP contribution in [-0.4, -0.2) is 4.98 Å². The Labute approximate surface area is 130 Å². The van der Waals surface area contributed by atoms with Crippen molar-refractivity contribution in [1.29, 1.82) is 0 Å². The lowest BCUT2D eigenvalue weighted by Crippen LogP contribution is -2.32. The lowest BCUT2D eigenvalue weighted by atomic mass is 10.0. The number of hydrogen-bond acceptors (Lipinski definition) is 3. The van der Waals surface area contributed by atoms with E-state index in [2.05, 4.69) is 21.3 Å². The van der Waals surface area contributed by atoms with Crippen LogP contribution in [0.2, 0.25) is 5.02 Å². The number of hydrogen-bond donors (Lipinski definition) is 1. The number of aromatic nitrogens is 1. The molecule has 5 heteroatoms. The van der Waals surface area contributed by atoms with E-state index in [4.69, 9.17) is 22.3 Å². The third-order valence-electron chi connectivity index (χ3n) is 3.63. The summed E-state index contributed by atoms with van der Waals surface area (Å²) < 4.78 is 0.975. The molecule has 0 saturated heterocycles. The van der Waals surface area contributed by atoms with Crippen molar-refractivity contribution in [3.8, 4) is 11.3 Å². The Morgan fingerprint density at radius 3 is 2.74 bits per heavy atom. The molecule has 1 aromatic heterocycles. The van der Waals surface area contributed by atoms with E-state index in [0.717, 1.165) is 33.6 Å². The Bertz CT molecular complexity index is 605. The van der Waals surface area contributed by atoms with Crippen LogP contribution >= 0.6 is 38.9 Å². The van der Waals surface area contributed by atoms with Crippen LogP contribution in [0.25, 0.3) is 11.3 Å². The topological polar surface area (TPSA) is 38.9 Å². The van der Waals surface area contributed by atoms with E-state index in [0.29, 0.717) is 5.02 Å². The molecule has 2 N–H and O–H groups in total. The molecule has 1 aromatic carbocycles. The molecule has 0 radical (unpaired) electrons. The normalized spacial score (nSPS) is 17.8. The van der Waals surface area contributed by atoms with Gasteiger partial charge in [0.1, 0.15) is 5.01 Å². The van der Waals surface area contributed by atoms with Crippen molar-refractivity contribution < 1.29 is 0 Å². The Hall–Kier alpha value is -0.420. The predicted molar refractivity (Wildman–Crippen MR) is 84.6 cm³/mol. The fraction of sp³-hybridized carbons (Fsp3) is 0.357. The Kier molecular flexibility index (Phi) is 3.69. The average Bonchev–Trinajstić information content (AvgIpc) is 2.99. The van der Waals surface area contributed by atoms with Gasteiger partial charge in [-0.05, 0) is 25.0 Å². The molecule has 19 heavy (non-hydrogen) atoms. The molecule has 0 atom stereocenters. The zero-order chi connectivity index (χ0) is 13.5. The van der Waals surface area contributed by atoms with Crippen LogP contribution in [0.3, 0.4) is 0 Å². The van der Waals surface area contributed by atoms with Crippen LogP contribution in [0.4, 0.5) is 0 Å². The van der Waals surface area contributed by atoms with Crippen molar-refractivity contribution in [2.75, 3.05) is 0 Å². The summed E-state index contributed by atoms with van der Waals surface area (Å²) in [6.07, 6.45) is 4.47. The first-order chi connectivity index (χ1) is 9.08. The number of rotatable bonds is 2. The van der Waals surface area contributed by atoms with E-state index in [-0.39, 0.29) is 5.54 Å². The molecule has 0 bridgehead atoms. The van der Waals surface area contributed by atoms with Crippen molar-refractivity contribution >= 4 is 38.9 Å². The van der Waals surface area contributed by atoms with Gasteiger partial charge in [0.15, 0.2) is 0 Å². The molecule has 2 nitrogen and oxygen atoms in total. The van der Waals surface area contributed by atoms with Crippen molar-refractivity contribution in [3.63, 3.8) is 0 Å². The summed E-state index contributed by atoms with van der Waals surface area (Å²) in [6.45, 7) is 0. The summed E-state index contributed by atoms with van der Waals surface area (Å²) in [6, 6.07) is 5.86. The van der Waals surface area contributed by atoms with Crippen molar-refractivity contribution in [1.82, 2.24) is 4.98 Å². The van der Waals surface area contributed by atoms with Gasteiger partial charge in [0.05, 0.1) is 16.3 Å². The summed E-state index contributed by atoms with van der Waals surface area (Å²) in [5.41, 5.74) is 8.12. The zero-order valence-electron chi connectivity index (χ0n) is 10.3. The molecule has 1 aliphatic carbocycles. The molecule has 0 amide bonds. The van der Waals surface area contributed by atoms with E-state index < -0.39 is 0 Å². The maximum Gasteiger partial charge on any atom is 0.113 e. The average molecular weight is 358 g/mol. The lowest BCUT2D eigenvalue weighted by Gasteiger charge is -2.19.